The van der Waals surface area contributed by atoms with E-state index in [1.165, 1.54) is 0 Å². The fraction of sp³-hybridized carbons (Fsp3) is 0.0714. The molecule has 0 atom stereocenters. The summed E-state index contributed by atoms with van der Waals surface area (Å²) in [4.78, 5) is 20.4. The van der Waals surface area contributed by atoms with Gasteiger partial charge in [0.1, 0.15) is 6.61 Å². The van der Waals surface area contributed by atoms with Crippen LogP contribution in [-0.2, 0) is 16.2 Å². The van der Waals surface area contributed by atoms with Gasteiger partial charge in [-0.3, -0.25) is 15.1 Å². The van der Waals surface area contributed by atoms with Crippen LogP contribution in [0.25, 0.3) is 11.6 Å². The van der Waals surface area contributed by atoms with Crippen LogP contribution in [0.4, 0.5) is 11.4 Å². The molecule has 0 saturated carbocycles. The van der Waals surface area contributed by atoms with Crippen LogP contribution >= 0.6 is 0 Å². The van der Waals surface area contributed by atoms with Crippen LogP contribution in [-0.4, -0.2) is 10.9 Å². The highest BCUT2D eigenvalue weighted by molar-refractivity contribution is 6.36. The molecule has 0 radical (unpaired) electrons. The van der Waals surface area contributed by atoms with Gasteiger partial charge < -0.3 is 10.3 Å². The fourth-order valence-electron chi connectivity index (χ4n) is 2.48. The van der Waals surface area contributed by atoms with E-state index < -0.39 is 0 Å². The molecule has 1 aromatic heterocycles. The molecule has 19 heavy (non-hydrogen) atoms. The lowest BCUT2D eigenvalue weighted by atomic mass is 10.0. The van der Waals surface area contributed by atoms with E-state index in [1.54, 1.807) is 0 Å². The van der Waals surface area contributed by atoms with Gasteiger partial charge in [0.15, 0.2) is 0 Å². The topological polar surface area (TPSA) is 66.2 Å². The van der Waals surface area contributed by atoms with Crippen molar-refractivity contribution >= 4 is 28.9 Å². The Kier molecular flexibility index (Phi) is 2.04. The van der Waals surface area contributed by atoms with Crippen LogP contribution in [0.15, 0.2) is 30.5 Å². The second-order valence-electron chi connectivity index (χ2n) is 4.55. The molecule has 1 aromatic carbocycles. The maximum atomic E-state index is 12.1. The van der Waals surface area contributed by atoms with Gasteiger partial charge in [0.25, 0.3) is 5.91 Å². The smallest absolute Gasteiger partial charge is 0.256 e. The molecule has 5 nitrogen and oxygen atoms in total. The van der Waals surface area contributed by atoms with Gasteiger partial charge in [-0.05, 0) is 24.3 Å². The van der Waals surface area contributed by atoms with Crippen LogP contribution < -0.4 is 10.8 Å². The van der Waals surface area contributed by atoms with E-state index in [4.69, 9.17) is 4.84 Å². The number of carbonyl (C=O) groups is 1. The molecule has 2 aromatic rings. The van der Waals surface area contributed by atoms with Gasteiger partial charge >= 0.3 is 0 Å². The summed E-state index contributed by atoms with van der Waals surface area (Å²) in [6, 6.07) is 7.70. The second kappa shape index (κ2) is 3.73. The summed E-state index contributed by atoms with van der Waals surface area (Å²) < 4.78 is 0. The van der Waals surface area contributed by atoms with Gasteiger partial charge in [0, 0.05) is 23.0 Å². The molecule has 4 rings (SSSR count). The standard InChI is InChI=1S/C14H11N3O2/c18-14-10(6-9-2-1-5-15-9)12-11(16-14)4-3-8-7-19-17-13(8)12/h1-6,15,17H,7H2,(H,16,18)/b10-6-. The van der Waals surface area contributed by atoms with E-state index in [9.17, 15) is 4.79 Å². The van der Waals surface area contributed by atoms with Crippen LogP contribution in [0.2, 0.25) is 0 Å². The predicted octanol–water partition coefficient (Wildman–Crippen LogP) is 2.36. The summed E-state index contributed by atoms with van der Waals surface area (Å²) in [5, 5.41) is 2.87. The summed E-state index contributed by atoms with van der Waals surface area (Å²) in [6.07, 6.45) is 3.68. The molecule has 2 aliphatic heterocycles. The minimum atomic E-state index is -0.0910. The molecule has 5 heteroatoms. The summed E-state index contributed by atoms with van der Waals surface area (Å²) >= 11 is 0. The first-order valence-corrected chi connectivity index (χ1v) is 6.03. The number of hydrogen-bond acceptors (Lipinski definition) is 3. The highest BCUT2D eigenvalue weighted by atomic mass is 16.6. The Balaban J connectivity index is 1.92. The molecular weight excluding hydrogens is 242 g/mol. The summed E-state index contributed by atoms with van der Waals surface area (Å²) in [6.45, 7) is 0.520. The number of fused-ring (bicyclic) bond motifs is 3. The van der Waals surface area contributed by atoms with Crippen LogP contribution in [0.5, 0.6) is 0 Å². The van der Waals surface area contributed by atoms with E-state index in [0.717, 1.165) is 28.2 Å². The van der Waals surface area contributed by atoms with Crippen molar-refractivity contribution in [1.29, 1.82) is 0 Å². The van der Waals surface area contributed by atoms with E-state index in [2.05, 4.69) is 15.8 Å². The summed E-state index contributed by atoms with van der Waals surface area (Å²) in [7, 11) is 0. The number of aromatic nitrogens is 1. The number of H-pyrrole nitrogens is 1. The third-order valence-corrected chi connectivity index (χ3v) is 3.38. The van der Waals surface area contributed by atoms with Crippen LogP contribution in [0.1, 0.15) is 16.8 Å². The van der Waals surface area contributed by atoms with E-state index in [0.29, 0.717) is 12.2 Å². The van der Waals surface area contributed by atoms with Gasteiger partial charge in [-0.15, -0.1) is 0 Å². The second-order valence-corrected chi connectivity index (χ2v) is 4.55. The molecule has 0 spiro atoms. The molecule has 94 valence electrons. The highest BCUT2D eigenvalue weighted by Crippen LogP contribution is 2.42. The zero-order valence-electron chi connectivity index (χ0n) is 9.99. The van der Waals surface area contributed by atoms with Gasteiger partial charge in [-0.2, -0.15) is 0 Å². The van der Waals surface area contributed by atoms with Crippen LogP contribution in [0, 0.1) is 0 Å². The molecule has 2 aliphatic rings. The lowest BCUT2D eigenvalue weighted by Crippen LogP contribution is -2.03. The van der Waals surface area contributed by atoms with Gasteiger partial charge in [0.05, 0.1) is 16.9 Å². The van der Waals surface area contributed by atoms with Crippen molar-refractivity contribution in [2.24, 2.45) is 0 Å². The average Bonchev–Trinajstić information content (AvgIpc) is 3.10. The third kappa shape index (κ3) is 1.49. The first-order valence-electron chi connectivity index (χ1n) is 6.03. The van der Waals surface area contributed by atoms with Gasteiger partial charge in [-0.1, -0.05) is 6.07 Å². The number of anilines is 2. The zero-order chi connectivity index (χ0) is 12.8. The number of nitrogens with one attached hydrogen (secondary N) is 3. The monoisotopic (exact) mass is 253 g/mol. The largest absolute Gasteiger partial charge is 0.362 e. The van der Waals surface area contributed by atoms with Crippen molar-refractivity contribution in [3.05, 3.63) is 47.3 Å². The molecule has 0 aliphatic carbocycles. The number of rotatable bonds is 1. The Morgan fingerprint density at radius 2 is 2.21 bits per heavy atom. The van der Waals surface area contributed by atoms with E-state index in [-0.39, 0.29) is 5.91 Å². The number of hydrogen-bond donors (Lipinski definition) is 3. The molecule has 1 amide bonds. The third-order valence-electron chi connectivity index (χ3n) is 3.38. The molecule has 0 saturated heterocycles. The Morgan fingerprint density at radius 1 is 1.26 bits per heavy atom. The van der Waals surface area contributed by atoms with Crippen molar-refractivity contribution in [1.82, 2.24) is 4.98 Å². The van der Waals surface area contributed by atoms with E-state index in [1.807, 2.05) is 36.5 Å². The zero-order valence-corrected chi connectivity index (χ0v) is 9.99. The lowest BCUT2D eigenvalue weighted by Gasteiger charge is -2.05. The van der Waals surface area contributed by atoms with Crippen molar-refractivity contribution in [3.63, 3.8) is 0 Å². The normalized spacial score (nSPS) is 18.1. The Labute approximate surface area is 109 Å². The average molecular weight is 253 g/mol. The first kappa shape index (κ1) is 10.4. The molecule has 3 heterocycles. The maximum Gasteiger partial charge on any atom is 0.256 e. The number of amides is 1. The summed E-state index contributed by atoms with van der Waals surface area (Å²) in [5.74, 6) is -0.0910. The van der Waals surface area contributed by atoms with Crippen molar-refractivity contribution in [2.45, 2.75) is 6.61 Å². The van der Waals surface area contributed by atoms with Gasteiger partial charge in [0.2, 0.25) is 0 Å². The van der Waals surface area contributed by atoms with Crippen molar-refractivity contribution in [2.75, 3.05) is 10.8 Å². The highest BCUT2D eigenvalue weighted by Gasteiger charge is 2.30. The summed E-state index contributed by atoms with van der Waals surface area (Å²) in [5.41, 5.74) is 8.08. The lowest BCUT2D eigenvalue weighted by molar-refractivity contribution is -0.110. The first-order chi connectivity index (χ1) is 9.33. The molecule has 0 bridgehead atoms. The quantitative estimate of drug-likeness (QED) is 0.683. The van der Waals surface area contributed by atoms with E-state index >= 15 is 0 Å². The Bertz CT molecular complexity index is 702. The fourth-order valence-corrected chi connectivity index (χ4v) is 2.48. The molecule has 0 unspecified atom stereocenters. The molecule has 0 fully saturated rings. The predicted molar refractivity (Wildman–Crippen MR) is 72.1 cm³/mol. The van der Waals surface area contributed by atoms with Crippen molar-refractivity contribution < 1.29 is 9.63 Å². The minimum Gasteiger partial charge on any atom is -0.362 e. The molecule has 3 N–H and O–H groups in total. The Morgan fingerprint density at radius 3 is 3.05 bits per heavy atom. The number of carbonyl (C=O) groups excluding carboxylic acids is 1. The molecular formula is C14H11N3O2. The SMILES string of the molecule is O=C1Nc2ccc3c(c2/C1=C/c1ccc[nH]1)NOC3. The number of benzene rings is 1. The van der Waals surface area contributed by atoms with Crippen LogP contribution in [0.3, 0.4) is 0 Å². The minimum absolute atomic E-state index is 0.0910. The number of aromatic amines is 1. The van der Waals surface area contributed by atoms with Crippen molar-refractivity contribution in [3.8, 4) is 0 Å². The maximum absolute atomic E-state index is 12.1. The Hall–Kier alpha value is -2.53. The van der Waals surface area contributed by atoms with Gasteiger partial charge in [-0.25, -0.2) is 0 Å².